The maximum atomic E-state index is 12.1. The summed E-state index contributed by atoms with van der Waals surface area (Å²) in [5.41, 5.74) is 3.94. The number of nitrogens with one attached hydrogen (secondary N) is 2. The lowest BCUT2D eigenvalue weighted by molar-refractivity contribution is -0.144. The van der Waals surface area contributed by atoms with Gasteiger partial charge in [0.15, 0.2) is 0 Å². The second-order valence-corrected chi connectivity index (χ2v) is 8.75. The molecule has 1 aliphatic rings. The summed E-state index contributed by atoms with van der Waals surface area (Å²) in [6, 6.07) is 15.1. The van der Waals surface area contributed by atoms with E-state index in [0.29, 0.717) is 0 Å². The van der Waals surface area contributed by atoms with Gasteiger partial charge in [0.25, 0.3) is 0 Å². The van der Waals surface area contributed by atoms with Crippen LogP contribution in [0.15, 0.2) is 60.7 Å². The molecule has 0 radical (unpaired) electrons. The Balaban J connectivity index is 1.49. The van der Waals surface area contributed by atoms with Crippen molar-refractivity contribution in [3.8, 4) is 11.1 Å². The summed E-state index contributed by atoms with van der Waals surface area (Å²) >= 11 is 0. The summed E-state index contributed by atoms with van der Waals surface area (Å²) in [6.45, 7) is 5.48. The van der Waals surface area contributed by atoms with E-state index in [1.165, 1.54) is 12.2 Å². The van der Waals surface area contributed by atoms with E-state index in [1.807, 2.05) is 36.4 Å². The second-order valence-electron chi connectivity index (χ2n) is 8.75. The first-order chi connectivity index (χ1) is 15.2. The van der Waals surface area contributed by atoms with Crippen molar-refractivity contribution in [1.82, 2.24) is 10.6 Å². The number of carboxylic acid groups (broad SMARTS) is 1. The Bertz CT molecular complexity index is 993. The number of hydrogen-bond acceptors (Lipinski definition) is 4. The van der Waals surface area contributed by atoms with Gasteiger partial charge in [-0.2, -0.15) is 0 Å². The van der Waals surface area contributed by atoms with Crippen molar-refractivity contribution in [2.75, 3.05) is 13.2 Å². The monoisotopic (exact) mass is 436 g/mol. The number of carbonyl (C=O) groups excluding carboxylic acids is 2. The van der Waals surface area contributed by atoms with E-state index in [-0.39, 0.29) is 19.1 Å². The molecule has 3 N–H and O–H groups in total. The van der Waals surface area contributed by atoms with Crippen LogP contribution in [-0.4, -0.2) is 42.3 Å². The van der Waals surface area contributed by atoms with Crippen molar-refractivity contribution in [3.05, 3.63) is 71.8 Å². The molecule has 0 saturated carbocycles. The number of alkyl carbamates (subject to hydrolysis) is 1. The maximum absolute atomic E-state index is 12.1. The third kappa shape index (κ3) is 5.35. The van der Waals surface area contributed by atoms with Crippen LogP contribution in [0.3, 0.4) is 0 Å². The van der Waals surface area contributed by atoms with Crippen molar-refractivity contribution < 1.29 is 24.2 Å². The van der Waals surface area contributed by atoms with Gasteiger partial charge in [-0.1, -0.05) is 75.4 Å². The normalized spacial score (nSPS) is 13.8. The number of fused-ring (bicyclic) bond motifs is 3. The van der Waals surface area contributed by atoms with Crippen LogP contribution in [0.4, 0.5) is 4.79 Å². The average Bonchev–Trinajstić information content (AvgIpc) is 3.06. The fourth-order valence-electron chi connectivity index (χ4n) is 3.80. The standard InChI is InChI=1S/C25H28N2O5/c1-25(2,3)22(23(29)30)27-21(28)13-8-14-26-24(31)32-15-20-18-11-6-4-9-16(18)17-10-5-7-12-19(17)20/h4-13,20,22H,14-15H2,1-3H3,(H,26,31)(H,27,28)(H,29,30)/b13-8+/t22-/m0/s1. The van der Waals surface area contributed by atoms with Crippen LogP contribution in [-0.2, 0) is 14.3 Å². The summed E-state index contributed by atoms with van der Waals surface area (Å²) in [5, 5.41) is 14.3. The lowest BCUT2D eigenvalue weighted by atomic mass is 9.87. The summed E-state index contributed by atoms with van der Waals surface area (Å²) in [5.74, 6) is -1.67. The Morgan fingerprint density at radius 2 is 1.59 bits per heavy atom. The minimum atomic E-state index is -1.10. The van der Waals surface area contributed by atoms with Crippen LogP contribution in [0.2, 0.25) is 0 Å². The van der Waals surface area contributed by atoms with Crippen molar-refractivity contribution in [2.45, 2.75) is 32.7 Å². The van der Waals surface area contributed by atoms with Crippen molar-refractivity contribution in [3.63, 3.8) is 0 Å². The molecule has 1 atom stereocenters. The van der Waals surface area contributed by atoms with E-state index in [1.54, 1.807) is 20.8 Å². The molecule has 0 fully saturated rings. The number of carboxylic acids is 1. The molecular weight excluding hydrogens is 408 g/mol. The van der Waals surface area contributed by atoms with Crippen LogP contribution < -0.4 is 10.6 Å². The smallest absolute Gasteiger partial charge is 0.407 e. The van der Waals surface area contributed by atoms with Gasteiger partial charge >= 0.3 is 12.1 Å². The first-order valence-corrected chi connectivity index (χ1v) is 10.5. The highest BCUT2D eigenvalue weighted by molar-refractivity contribution is 5.91. The Hall–Kier alpha value is -3.61. The molecule has 0 unspecified atom stereocenters. The minimum Gasteiger partial charge on any atom is -0.480 e. The first kappa shape index (κ1) is 23.1. The third-order valence-electron chi connectivity index (χ3n) is 5.38. The van der Waals surface area contributed by atoms with Gasteiger partial charge in [-0.05, 0) is 27.7 Å². The maximum Gasteiger partial charge on any atom is 0.407 e. The second kappa shape index (κ2) is 9.68. The zero-order valence-electron chi connectivity index (χ0n) is 18.4. The molecule has 0 heterocycles. The SMILES string of the molecule is CC(C)(C)[C@@H](NC(=O)/C=C/CNC(=O)OCC1c2ccccc2-c2ccccc21)C(=O)O. The Labute approximate surface area is 187 Å². The molecule has 0 bridgehead atoms. The average molecular weight is 437 g/mol. The molecule has 168 valence electrons. The van der Waals surface area contributed by atoms with Crippen molar-refractivity contribution >= 4 is 18.0 Å². The minimum absolute atomic E-state index is 0.0279. The number of rotatable bonds is 7. The summed E-state index contributed by atoms with van der Waals surface area (Å²) in [7, 11) is 0. The molecule has 0 aliphatic heterocycles. The summed E-state index contributed by atoms with van der Waals surface area (Å²) < 4.78 is 5.43. The Morgan fingerprint density at radius 1 is 1.03 bits per heavy atom. The molecule has 1 aliphatic carbocycles. The van der Waals surface area contributed by atoms with E-state index in [2.05, 4.69) is 22.8 Å². The molecule has 7 nitrogen and oxygen atoms in total. The van der Waals surface area contributed by atoms with Gasteiger partial charge in [0.2, 0.25) is 5.91 Å². The van der Waals surface area contributed by atoms with E-state index in [4.69, 9.17) is 4.74 Å². The molecule has 2 amide bonds. The molecule has 32 heavy (non-hydrogen) atoms. The van der Waals surface area contributed by atoms with Gasteiger partial charge in [0.1, 0.15) is 12.6 Å². The lowest BCUT2D eigenvalue weighted by Crippen LogP contribution is -2.48. The van der Waals surface area contributed by atoms with E-state index < -0.39 is 29.4 Å². The number of ether oxygens (including phenoxy) is 1. The van der Waals surface area contributed by atoms with Crippen LogP contribution >= 0.6 is 0 Å². The van der Waals surface area contributed by atoms with Crippen LogP contribution in [0.5, 0.6) is 0 Å². The van der Waals surface area contributed by atoms with Crippen LogP contribution in [0, 0.1) is 5.41 Å². The van der Waals surface area contributed by atoms with E-state index in [9.17, 15) is 19.5 Å². The topological polar surface area (TPSA) is 105 Å². The van der Waals surface area contributed by atoms with Gasteiger partial charge in [-0.3, -0.25) is 4.79 Å². The van der Waals surface area contributed by atoms with Crippen molar-refractivity contribution in [2.24, 2.45) is 5.41 Å². The molecule has 0 saturated heterocycles. The van der Waals surface area contributed by atoms with E-state index >= 15 is 0 Å². The molecule has 2 aromatic rings. The highest BCUT2D eigenvalue weighted by atomic mass is 16.5. The van der Waals surface area contributed by atoms with E-state index in [0.717, 1.165) is 22.3 Å². The molecular formula is C25H28N2O5. The lowest BCUT2D eigenvalue weighted by Gasteiger charge is -2.27. The highest BCUT2D eigenvalue weighted by Crippen LogP contribution is 2.44. The fourth-order valence-corrected chi connectivity index (χ4v) is 3.80. The van der Waals surface area contributed by atoms with Crippen LogP contribution in [0.25, 0.3) is 11.1 Å². The fraction of sp³-hybridized carbons (Fsp3) is 0.320. The molecule has 7 heteroatoms. The zero-order valence-corrected chi connectivity index (χ0v) is 18.4. The molecule has 0 aromatic heterocycles. The molecule has 2 aromatic carbocycles. The van der Waals surface area contributed by atoms with Crippen molar-refractivity contribution in [1.29, 1.82) is 0 Å². The number of aliphatic carboxylic acids is 1. The number of carbonyl (C=O) groups is 3. The van der Waals surface area contributed by atoms with Gasteiger partial charge in [-0.15, -0.1) is 0 Å². The molecule has 0 spiro atoms. The zero-order chi connectivity index (χ0) is 23.3. The third-order valence-corrected chi connectivity index (χ3v) is 5.38. The Kier molecular flexibility index (Phi) is 6.98. The predicted octanol–water partition coefficient (Wildman–Crippen LogP) is 3.70. The van der Waals surface area contributed by atoms with Crippen LogP contribution in [0.1, 0.15) is 37.8 Å². The number of amides is 2. The number of hydrogen-bond donors (Lipinski definition) is 3. The summed E-state index contributed by atoms with van der Waals surface area (Å²) in [4.78, 5) is 35.4. The molecule has 3 rings (SSSR count). The van der Waals surface area contributed by atoms with Gasteiger partial charge in [0, 0.05) is 18.5 Å². The van der Waals surface area contributed by atoms with Gasteiger partial charge in [0.05, 0.1) is 0 Å². The predicted molar refractivity (Wildman–Crippen MR) is 121 cm³/mol. The van der Waals surface area contributed by atoms with Gasteiger partial charge in [-0.25, -0.2) is 9.59 Å². The summed E-state index contributed by atoms with van der Waals surface area (Å²) in [6.07, 6.45) is 2.05. The first-order valence-electron chi connectivity index (χ1n) is 10.5. The van der Waals surface area contributed by atoms with Gasteiger partial charge < -0.3 is 20.5 Å². The quantitative estimate of drug-likeness (QED) is 0.574. The highest BCUT2D eigenvalue weighted by Gasteiger charge is 2.32. The Morgan fingerprint density at radius 3 is 2.12 bits per heavy atom. The largest absolute Gasteiger partial charge is 0.480 e. The number of benzene rings is 2.